The van der Waals surface area contributed by atoms with Gasteiger partial charge in [0.15, 0.2) is 0 Å². The molecule has 1 nitrogen and oxygen atoms in total. The van der Waals surface area contributed by atoms with Gasteiger partial charge in [0.05, 0.1) is 0 Å². The first kappa shape index (κ1) is 11.8. The average molecular weight is 239 g/mol. The third-order valence-corrected chi connectivity index (χ3v) is 3.89. The van der Waals surface area contributed by atoms with Crippen molar-refractivity contribution in [2.45, 2.75) is 19.8 Å². The summed E-state index contributed by atoms with van der Waals surface area (Å²) in [5.41, 5.74) is 2.14. The number of thioether (sulfide) groups is 1. The standard InChI is InChI=1S/C13H18FNS/c1-10(2)11-7-12(14)9-13(8-11)15-3-5-16-6-4-15/h7-10H,3-6H2,1-2H3. The van der Waals surface area contributed by atoms with Gasteiger partial charge in [-0.3, -0.25) is 0 Å². The minimum absolute atomic E-state index is 0.112. The molecule has 2 rings (SSSR count). The van der Waals surface area contributed by atoms with E-state index in [1.807, 2.05) is 11.8 Å². The van der Waals surface area contributed by atoms with E-state index in [-0.39, 0.29) is 5.82 Å². The first-order chi connectivity index (χ1) is 7.66. The first-order valence-electron chi connectivity index (χ1n) is 5.80. The van der Waals surface area contributed by atoms with Crippen molar-refractivity contribution in [2.75, 3.05) is 29.5 Å². The van der Waals surface area contributed by atoms with E-state index in [0.29, 0.717) is 5.92 Å². The maximum atomic E-state index is 13.5. The summed E-state index contributed by atoms with van der Waals surface area (Å²) in [5, 5.41) is 0. The molecule has 0 N–H and O–H groups in total. The van der Waals surface area contributed by atoms with Gasteiger partial charge in [-0.05, 0) is 29.7 Å². The Bertz CT molecular complexity index is 359. The number of halogens is 1. The Morgan fingerprint density at radius 2 is 1.88 bits per heavy atom. The summed E-state index contributed by atoms with van der Waals surface area (Å²) >= 11 is 1.97. The molecule has 1 heterocycles. The van der Waals surface area contributed by atoms with Gasteiger partial charge < -0.3 is 4.90 Å². The highest BCUT2D eigenvalue weighted by molar-refractivity contribution is 7.99. The number of benzene rings is 1. The molecule has 0 radical (unpaired) electrons. The Kier molecular flexibility index (Phi) is 3.74. The highest BCUT2D eigenvalue weighted by atomic mass is 32.2. The topological polar surface area (TPSA) is 3.24 Å². The highest BCUT2D eigenvalue weighted by Gasteiger charge is 2.13. The zero-order valence-corrected chi connectivity index (χ0v) is 10.7. The molecule has 0 aromatic heterocycles. The molecule has 1 aromatic rings. The number of hydrogen-bond acceptors (Lipinski definition) is 2. The van der Waals surface area contributed by atoms with Crippen LogP contribution in [0, 0.1) is 5.82 Å². The second-order valence-electron chi connectivity index (χ2n) is 4.50. The molecule has 0 amide bonds. The van der Waals surface area contributed by atoms with Crippen LogP contribution in [0.4, 0.5) is 10.1 Å². The van der Waals surface area contributed by atoms with Crippen molar-refractivity contribution >= 4 is 17.4 Å². The zero-order chi connectivity index (χ0) is 11.5. The smallest absolute Gasteiger partial charge is 0.125 e. The van der Waals surface area contributed by atoms with Crippen molar-refractivity contribution < 1.29 is 4.39 Å². The van der Waals surface area contributed by atoms with E-state index in [0.717, 1.165) is 35.8 Å². The molecule has 0 atom stereocenters. The Balaban J connectivity index is 2.25. The summed E-state index contributed by atoms with van der Waals surface area (Å²) in [5.74, 6) is 2.56. The molecule has 0 saturated carbocycles. The van der Waals surface area contributed by atoms with E-state index >= 15 is 0 Å². The average Bonchev–Trinajstić information content (AvgIpc) is 2.29. The molecule has 1 aliphatic heterocycles. The molecule has 16 heavy (non-hydrogen) atoms. The van der Waals surface area contributed by atoms with E-state index < -0.39 is 0 Å². The normalized spacial score (nSPS) is 16.9. The van der Waals surface area contributed by atoms with E-state index in [9.17, 15) is 4.39 Å². The van der Waals surface area contributed by atoms with Gasteiger partial charge >= 0.3 is 0 Å². The summed E-state index contributed by atoms with van der Waals surface area (Å²) in [6.07, 6.45) is 0. The van der Waals surface area contributed by atoms with Crippen LogP contribution < -0.4 is 4.90 Å². The van der Waals surface area contributed by atoms with E-state index in [2.05, 4.69) is 24.8 Å². The largest absolute Gasteiger partial charge is 0.370 e. The first-order valence-corrected chi connectivity index (χ1v) is 6.95. The van der Waals surface area contributed by atoms with Crippen LogP contribution in [-0.4, -0.2) is 24.6 Å². The summed E-state index contributed by atoms with van der Waals surface area (Å²) in [7, 11) is 0. The van der Waals surface area contributed by atoms with Gasteiger partial charge in [0.1, 0.15) is 5.82 Å². The SMILES string of the molecule is CC(C)c1cc(F)cc(N2CCSCC2)c1. The van der Waals surface area contributed by atoms with Crippen LogP contribution in [0.2, 0.25) is 0 Å². The van der Waals surface area contributed by atoms with Crippen LogP contribution in [-0.2, 0) is 0 Å². The van der Waals surface area contributed by atoms with Crippen molar-refractivity contribution in [2.24, 2.45) is 0 Å². The fourth-order valence-electron chi connectivity index (χ4n) is 1.93. The molecule has 1 fully saturated rings. The number of anilines is 1. The van der Waals surface area contributed by atoms with Crippen LogP contribution in [0.1, 0.15) is 25.3 Å². The molecule has 0 spiro atoms. The van der Waals surface area contributed by atoms with Crippen molar-refractivity contribution in [3.63, 3.8) is 0 Å². The van der Waals surface area contributed by atoms with Gasteiger partial charge in [0.25, 0.3) is 0 Å². The number of rotatable bonds is 2. The van der Waals surface area contributed by atoms with Gasteiger partial charge in [0, 0.05) is 30.3 Å². The Labute approximate surface area is 101 Å². The molecule has 0 unspecified atom stereocenters. The van der Waals surface area contributed by atoms with Gasteiger partial charge in [-0.1, -0.05) is 13.8 Å². The molecule has 1 aliphatic rings. The lowest BCUT2D eigenvalue weighted by Crippen LogP contribution is -2.32. The lowest BCUT2D eigenvalue weighted by atomic mass is 10.0. The summed E-state index contributed by atoms with van der Waals surface area (Å²) < 4.78 is 13.5. The Hall–Kier alpha value is -0.700. The van der Waals surface area contributed by atoms with Crippen LogP contribution >= 0.6 is 11.8 Å². The van der Waals surface area contributed by atoms with Crippen molar-refractivity contribution in [1.82, 2.24) is 0 Å². The molecule has 0 bridgehead atoms. The van der Waals surface area contributed by atoms with Crippen LogP contribution in [0.3, 0.4) is 0 Å². The molecular weight excluding hydrogens is 221 g/mol. The summed E-state index contributed by atoms with van der Waals surface area (Å²) in [4.78, 5) is 2.28. The maximum Gasteiger partial charge on any atom is 0.125 e. The highest BCUT2D eigenvalue weighted by Crippen LogP contribution is 2.25. The predicted molar refractivity (Wildman–Crippen MR) is 70.0 cm³/mol. The van der Waals surface area contributed by atoms with Gasteiger partial charge in [-0.25, -0.2) is 4.39 Å². The summed E-state index contributed by atoms with van der Waals surface area (Å²) in [6, 6.07) is 5.43. The van der Waals surface area contributed by atoms with Gasteiger partial charge in [-0.15, -0.1) is 0 Å². The lowest BCUT2D eigenvalue weighted by Gasteiger charge is -2.29. The Morgan fingerprint density at radius 3 is 2.50 bits per heavy atom. The van der Waals surface area contributed by atoms with Crippen molar-refractivity contribution in [1.29, 1.82) is 0 Å². The van der Waals surface area contributed by atoms with Crippen molar-refractivity contribution in [3.05, 3.63) is 29.6 Å². The second-order valence-corrected chi connectivity index (χ2v) is 5.72. The fourth-order valence-corrected chi connectivity index (χ4v) is 2.84. The molecular formula is C13H18FNS. The molecule has 0 aliphatic carbocycles. The van der Waals surface area contributed by atoms with E-state index in [1.54, 1.807) is 12.1 Å². The minimum Gasteiger partial charge on any atom is -0.370 e. The number of hydrogen-bond donors (Lipinski definition) is 0. The monoisotopic (exact) mass is 239 g/mol. The van der Waals surface area contributed by atoms with Crippen LogP contribution in [0.5, 0.6) is 0 Å². The molecule has 1 aromatic carbocycles. The number of nitrogens with zero attached hydrogens (tertiary/aromatic N) is 1. The third-order valence-electron chi connectivity index (χ3n) is 2.95. The lowest BCUT2D eigenvalue weighted by molar-refractivity contribution is 0.622. The predicted octanol–water partition coefficient (Wildman–Crippen LogP) is 3.50. The maximum absolute atomic E-state index is 13.5. The van der Waals surface area contributed by atoms with Gasteiger partial charge in [0.2, 0.25) is 0 Å². The molecule has 1 saturated heterocycles. The van der Waals surface area contributed by atoms with Crippen molar-refractivity contribution in [3.8, 4) is 0 Å². The van der Waals surface area contributed by atoms with E-state index in [1.165, 1.54) is 0 Å². The fraction of sp³-hybridized carbons (Fsp3) is 0.538. The van der Waals surface area contributed by atoms with Gasteiger partial charge in [-0.2, -0.15) is 11.8 Å². The van der Waals surface area contributed by atoms with Crippen LogP contribution in [0.25, 0.3) is 0 Å². The molecule has 3 heteroatoms. The minimum atomic E-state index is -0.112. The van der Waals surface area contributed by atoms with E-state index in [4.69, 9.17) is 0 Å². The zero-order valence-electron chi connectivity index (χ0n) is 9.87. The third kappa shape index (κ3) is 2.70. The molecule has 88 valence electrons. The Morgan fingerprint density at radius 1 is 1.19 bits per heavy atom. The second kappa shape index (κ2) is 5.09. The quantitative estimate of drug-likeness (QED) is 0.777. The summed E-state index contributed by atoms with van der Waals surface area (Å²) in [6.45, 7) is 6.27. The van der Waals surface area contributed by atoms with Crippen LogP contribution in [0.15, 0.2) is 18.2 Å².